The second kappa shape index (κ2) is 5.80. The lowest BCUT2D eigenvalue weighted by Crippen LogP contribution is -2.43. The van der Waals surface area contributed by atoms with Crippen molar-refractivity contribution in [3.63, 3.8) is 0 Å². The van der Waals surface area contributed by atoms with Crippen molar-refractivity contribution >= 4 is 6.03 Å². The van der Waals surface area contributed by atoms with Crippen LogP contribution in [0.1, 0.15) is 23.1 Å². The second-order valence-electron chi connectivity index (χ2n) is 7.07. The van der Waals surface area contributed by atoms with E-state index in [1.807, 2.05) is 19.0 Å². The maximum absolute atomic E-state index is 12.4. The van der Waals surface area contributed by atoms with Gasteiger partial charge >= 0.3 is 6.03 Å². The van der Waals surface area contributed by atoms with E-state index in [1.165, 1.54) is 11.1 Å². The summed E-state index contributed by atoms with van der Waals surface area (Å²) in [7, 11) is 3.67. The monoisotopic (exact) mass is 315 g/mol. The van der Waals surface area contributed by atoms with E-state index in [-0.39, 0.29) is 6.03 Å². The van der Waals surface area contributed by atoms with Gasteiger partial charge in [0.25, 0.3) is 0 Å². The molecule has 2 saturated heterocycles. The molecule has 5 heteroatoms. The largest absolute Gasteiger partial charge is 0.379 e. The number of fused-ring (bicyclic) bond motifs is 3. The van der Waals surface area contributed by atoms with E-state index in [4.69, 9.17) is 4.74 Å². The molecular formula is C18H25N3O2. The van der Waals surface area contributed by atoms with Crippen LogP contribution in [0.2, 0.25) is 0 Å². The molecule has 3 aliphatic rings. The maximum atomic E-state index is 12.4. The summed E-state index contributed by atoms with van der Waals surface area (Å²) in [6.07, 6.45) is 0. The van der Waals surface area contributed by atoms with Gasteiger partial charge in [0.15, 0.2) is 0 Å². The fraction of sp³-hybridized carbons (Fsp3) is 0.611. The van der Waals surface area contributed by atoms with Crippen LogP contribution in [0.3, 0.4) is 0 Å². The zero-order valence-corrected chi connectivity index (χ0v) is 13.9. The lowest BCUT2D eigenvalue weighted by molar-refractivity contribution is 0.00502. The molecule has 1 aliphatic carbocycles. The van der Waals surface area contributed by atoms with Crippen LogP contribution >= 0.6 is 0 Å². The van der Waals surface area contributed by atoms with Crippen LogP contribution in [0, 0.1) is 5.92 Å². The normalized spacial score (nSPS) is 30.2. The molecule has 2 amide bonds. The molecule has 2 fully saturated rings. The van der Waals surface area contributed by atoms with Crippen molar-refractivity contribution in [3.8, 4) is 0 Å². The van der Waals surface area contributed by atoms with Crippen molar-refractivity contribution < 1.29 is 9.53 Å². The minimum Gasteiger partial charge on any atom is -0.379 e. The Morgan fingerprint density at radius 3 is 2.52 bits per heavy atom. The zero-order chi connectivity index (χ0) is 16.0. The summed E-state index contributed by atoms with van der Waals surface area (Å²) in [6.45, 7) is 5.32. The first-order valence-corrected chi connectivity index (χ1v) is 8.53. The first-order valence-electron chi connectivity index (χ1n) is 8.53. The van der Waals surface area contributed by atoms with Crippen LogP contribution < -0.4 is 0 Å². The molecule has 0 N–H and O–H groups in total. The van der Waals surface area contributed by atoms with E-state index in [2.05, 4.69) is 29.2 Å². The van der Waals surface area contributed by atoms with Gasteiger partial charge in [0.05, 0.1) is 13.2 Å². The van der Waals surface area contributed by atoms with Gasteiger partial charge in [0, 0.05) is 58.2 Å². The zero-order valence-electron chi connectivity index (χ0n) is 13.9. The standard InChI is InChI=1S/C18H25N3O2/c1-19(2)18(22)21-11-15-13-5-3-4-6-14(13)17(16(15)12-21)20-7-9-23-10-8-20/h3-6,15-17H,7-12H2,1-2H3/t15-,16-,17+/m1/s1. The highest BCUT2D eigenvalue weighted by Gasteiger charge is 2.49. The van der Waals surface area contributed by atoms with Gasteiger partial charge in [-0.3, -0.25) is 4.90 Å². The molecule has 2 aliphatic heterocycles. The summed E-state index contributed by atoms with van der Waals surface area (Å²) in [6, 6.07) is 9.39. The summed E-state index contributed by atoms with van der Waals surface area (Å²) in [4.78, 5) is 18.7. The Hall–Kier alpha value is -1.59. The quantitative estimate of drug-likeness (QED) is 0.792. The number of hydrogen-bond acceptors (Lipinski definition) is 3. The molecule has 124 valence electrons. The lowest BCUT2D eigenvalue weighted by Gasteiger charge is -2.36. The van der Waals surface area contributed by atoms with Crippen molar-refractivity contribution in [3.05, 3.63) is 35.4 Å². The second-order valence-corrected chi connectivity index (χ2v) is 7.07. The molecule has 23 heavy (non-hydrogen) atoms. The van der Waals surface area contributed by atoms with Gasteiger partial charge in [-0.1, -0.05) is 24.3 Å². The fourth-order valence-corrected chi connectivity index (χ4v) is 4.59. The minimum atomic E-state index is 0.137. The summed E-state index contributed by atoms with van der Waals surface area (Å²) < 4.78 is 5.54. The number of benzene rings is 1. The van der Waals surface area contributed by atoms with Gasteiger partial charge in [0.1, 0.15) is 0 Å². The summed E-state index contributed by atoms with van der Waals surface area (Å²) >= 11 is 0. The van der Waals surface area contributed by atoms with Crippen molar-refractivity contribution in [1.29, 1.82) is 0 Å². The molecule has 0 unspecified atom stereocenters. The van der Waals surface area contributed by atoms with Crippen LogP contribution in [0.4, 0.5) is 4.79 Å². The van der Waals surface area contributed by atoms with E-state index in [1.54, 1.807) is 4.90 Å². The predicted octanol–water partition coefficient (Wildman–Crippen LogP) is 1.77. The van der Waals surface area contributed by atoms with Crippen LogP contribution in [0.5, 0.6) is 0 Å². The summed E-state index contributed by atoms with van der Waals surface area (Å²) in [5.41, 5.74) is 2.92. The molecule has 0 spiro atoms. The third-order valence-corrected chi connectivity index (χ3v) is 5.58. The summed E-state index contributed by atoms with van der Waals surface area (Å²) in [5, 5.41) is 0. The third-order valence-electron chi connectivity index (χ3n) is 5.58. The summed E-state index contributed by atoms with van der Waals surface area (Å²) in [5.74, 6) is 0.984. The highest BCUT2D eigenvalue weighted by Crippen LogP contribution is 2.51. The van der Waals surface area contributed by atoms with Crippen molar-refractivity contribution in [1.82, 2.24) is 14.7 Å². The number of morpholine rings is 1. The van der Waals surface area contributed by atoms with E-state index in [9.17, 15) is 4.79 Å². The number of rotatable bonds is 1. The van der Waals surface area contributed by atoms with Gasteiger partial charge in [0.2, 0.25) is 0 Å². The van der Waals surface area contributed by atoms with E-state index in [0.717, 1.165) is 39.4 Å². The van der Waals surface area contributed by atoms with Crippen molar-refractivity contribution in [2.24, 2.45) is 5.92 Å². The van der Waals surface area contributed by atoms with Gasteiger partial charge < -0.3 is 14.5 Å². The number of carbonyl (C=O) groups excluding carboxylic acids is 1. The van der Waals surface area contributed by atoms with E-state index >= 15 is 0 Å². The van der Waals surface area contributed by atoms with Crippen LogP contribution in [0.25, 0.3) is 0 Å². The number of hydrogen-bond donors (Lipinski definition) is 0. The lowest BCUT2D eigenvalue weighted by atomic mass is 9.93. The van der Waals surface area contributed by atoms with Crippen molar-refractivity contribution in [2.45, 2.75) is 12.0 Å². The van der Waals surface area contributed by atoms with Gasteiger partial charge in [-0.25, -0.2) is 4.79 Å². The Morgan fingerprint density at radius 2 is 1.83 bits per heavy atom. The molecule has 1 aromatic rings. The molecule has 3 atom stereocenters. The third kappa shape index (κ3) is 2.42. The number of nitrogens with zero attached hydrogens (tertiary/aromatic N) is 3. The van der Waals surface area contributed by atoms with E-state index in [0.29, 0.717) is 17.9 Å². The molecule has 1 aromatic carbocycles. The van der Waals surface area contributed by atoms with Crippen LogP contribution in [-0.2, 0) is 4.74 Å². The Labute approximate surface area is 137 Å². The van der Waals surface area contributed by atoms with Crippen LogP contribution in [-0.4, -0.2) is 74.2 Å². The molecule has 2 heterocycles. The Balaban J connectivity index is 1.65. The first kappa shape index (κ1) is 15.0. The number of ether oxygens (including phenoxy) is 1. The van der Waals surface area contributed by atoms with E-state index < -0.39 is 0 Å². The number of amides is 2. The molecule has 4 rings (SSSR count). The minimum absolute atomic E-state index is 0.137. The molecule has 0 radical (unpaired) electrons. The highest BCUT2D eigenvalue weighted by molar-refractivity contribution is 5.74. The highest BCUT2D eigenvalue weighted by atomic mass is 16.5. The topological polar surface area (TPSA) is 36.0 Å². The number of urea groups is 1. The fourth-order valence-electron chi connectivity index (χ4n) is 4.59. The molecular weight excluding hydrogens is 290 g/mol. The maximum Gasteiger partial charge on any atom is 0.319 e. The molecule has 0 bridgehead atoms. The molecule has 5 nitrogen and oxygen atoms in total. The Kier molecular flexibility index (Phi) is 3.77. The van der Waals surface area contributed by atoms with Gasteiger partial charge in [-0.2, -0.15) is 0 Å². The average molecular weight is 315 g/mol. The SMILES string of the molecule is CN(C)C(=O)N1C[C@@H]2[C@H](C1)c1ccccc1[C@@H]2N1CCOCC1. The number of carbonyl (C=O) groups is 1. The molecule has 0 aromatic heterocycles. The predicted molar refractivity (Wildman–Crippen MR) is 88.5 cm³/mol. The average Bonchev–Trinajstić information content (AvgIpc) is 3.11. The Morgan fingerprint density at radius 1 is 1.13 bits per heavy atom. The van der Waals surface area contributed by atoms with Gasteiger partial charge in [-0.05, 0) is 11.1 Å². The van der Waals surface area contributed by atoms with Crippen molar-refractivity contribution in [2.75, 3.05) is 53.5 Å². The Bertz CT molecular complexity index is 598. The van der Waals surface area contributed by atoms with Gasteiger partial charge in [-0.15, -0.1) is 0 Å². The first-order chi connectivity index (χ1) is 11.2. The smallest absolute Gasteiger partial charge is 0.319 e. The molecule has 0 saturated carbocycles. The number of likely N-dealkylation sites (tertiary alicyclic amines) is 1. The van der Waals surface area contributed by atoms with Crippen LogP contribution in [0.15, 0.2) is 24.3 Å².